The summed E-state index contributed by atoms with van der Waals surface area (Å²) in [6, 6.07) is 11.4. The molecule has 20 heavy (non-hydrogen) atoms. The molecular weight excluding hydrogens is 269 g/mol. The fraction of sp³-hybridized carbons (Fsp3) is 0.412. The second-order valence-corrected chi connectivity index (χ2v) is 6.18. The molecule has 2 rings (SSSR count). The van der Waals surface area contributed by atoms with Crippen molar-refractivity contribution in [2.75, 3.05) is 13.1 Å². The molecular formula is C17H22FNS. The Morgan fingerprint density at radius 3 is 2.70 bits per heavy atom. The van der Waals surface area contributed by atoms with Gasteiger partial charge in [-0.3, -0.25) is 0 Å². The number of benzene rings is 1. The summed E-state index contributed by atoms with van der Waals surface area (Å²) in [5.41, 5.74) is 0.826. The third kappa shape index (κ3) is 4.73. The van der Waals surface area contributed by atoms with Crippen LogP contribution in [-0.2, 0) is 12.8 Å². The second kappa shape index (κ2) is 8.18. The van der Waals surface area contributed by atoms with E-state index >= 15 is 0 Å². The van der Waals surface area contributed by atoms with Crippen LogP contribution in [0, 0.1) is 11.7 Å². The maximum Gasteiger partial charge on any atom is 0.126 e. The molecule has 1 heterocycles. The Kier molecular flexibility index (Phi) is 6.22. The van der Waals surface area contributed by atoms with Gasteiger partial charge in [0.1, 0.15) is 5.82 Å². The Morgan fingerprint density at radius 1 is 1.15 bits per heavy atom. The number of thiophene rings is 1. The lowest BCUT2D eigenvalue weighted by Gasteiger charge is -2.17. The maximum absolute atomic E-state index is 13.8. The Labute approximate surface area is 124 Å². The second-order valence-electron chi connectivity index (χ2n) is 5.15. The molecule has 0 aliphatic rings. The van der Waals surface area contributed by atoms with Crippen LogP contribution >= 0.6 is 11.3 Å². The number of hydrogen-bond donors (Lipinski definition) is 1. The molecule has 1 N–H and O–H groups in total. The van der Waals surface area contributed by atoms with Crippen LogP contribution in [0.4, 0.5) is 4.39 Å². The fourth-order valence-corrected chi connectivity index (χ4v) is 3.21. The van der Waals surface area contributed by atoms with Crippen molar-refractivity contribution in [1.82, 2.24) is 5.32 Å². The molecule has 0 spiro atoms. The van der Waals surface area contributed by atoms with Gasteiger partial charge in [-0.1, -0.05) is 31.2 Å². The summed E-state index contributed by atoms with van der Waals surface area (Å²) in [4.78, 5) is 1.38. The van der Waals surface area contributed by atoms with E-state index in [4.69, 9.17) is 0 Å². The average Bonchev–Trinajstić information content (AvgIpc) is 2.94. The van der Waals surface area contributed by atoms with Crippen molar-refractivity contribution < 1.29 is 4.39 Å². The fourth-order valence-electron chi connectivity index (χ4n) is 2.39. The molecule has 1 aromatic carbocycles. The first-order valence-corrected chi connectivity index (χ1v) is 8.14. The topological polar surface area (TPSA) is 12.0 Å². The van der Waals surface area contributed by atoms with E-state index < -0.39 is 0 Å². The molecule has 2 aromatic rings. The van der Waals surface area contributed by atoms with Crippen LogP contribution in [-0.4, -0.2) is 13.1 Å². The zero-order valence-electron chi connectivity index (χ0n) is 11.9. The molecule has 0 aliphatic heterocycles. The van der Waals surface area contributed by atoms with Crippen molar-refractivity contribution in [2.24, 2.45) is 5.92 Å². The molecule has 1 nitrogen and oxygen atoms in total. The molecule has 0 radical (unpaired) electrons. The lowest BCUT2D eigenvalue weighted by atomic mass is 9.95. The van der Waals surface area contributed by atoms with Crippen LogP contribution in [0.25, 0.3) is 0 Å². The molecule has 1 unspecified atom stereocenters. The summed E-state index contributed by atoms with van der Waals surface area (Å²) in [5.74, 6) is 0.358. The van der Waals surface area contributed by atoms with Crippen LogP contribution in [0.2, 0.25) is 0 Å². The molecule has 0 aliphatic carbocycles. The van der Waals surface area contributed by atoms with Gasteiger partial charge >= 0.3 is 0 Å². The number of hydrogen-bond acceptors (Lipinski definition) is 2. The molecule has 0 bridgehead atoms. The standard InChI is InChI=1S/C17H22FNS/c1-2-9-19-13-14(12-16-7-5-10-20-16)11-15-6-3-4-8-17(15)18/h3-8,10,14,19H,2,9,11-13H2,1H3. The van der Waals surface area contributed by atoms with Crippen LogP contribution in [0.15, 0.2) is 41.8 Å². The quantitative estimate of drug-likeness (QED) is 0.716. The van der Waals surface area contributed by atoms with Gasteiger partial charge in [0.25, 0.3) is 0 Å². The monoisotopic (exact) mass is 291 g/mol. The summed E-state index contributed by atoms with van der Waals surface area (Å²) < 4.78 is 13.8. The minimum Gasteiger partial charge on any atom is -0.316 e. The zero-order valence-corrected chi connectivity index (χ0v) is 12.8. The van der Waals surface area contributed by atoms with Gasteiger partial charge in [-0.25, -0.2) is 4.39 Å². The van der Waals surface area contributed by atoms with Crippen molar-refractivity contribution in [3.05, 3.63) is 58.0 Å². The number of nitrogens with one attached hydrogen (secondary N) is 1. The van der Waals surface area contributed by atoms with Crippen molar-refractivity contribution >= 4 is 11.3 Å². The summed E-state index contributed by atoms with van der Waals surface area (Å²) in [6.07, 6.45) is 2.94. The summed E-state index contributed by atoms with van der Waals surface area (Å²) in [6.45, 7) is 4.14. The van der Waals surface area contributed by atoms with Crippen LogP contribution < -0.4 is 5.32 Å². The van der Waals surface area contributed by atoms with Crippen LogP contribution in [0.3, 0.4) is 0 Å². The van der Waals surface area contributed by atoms with E-state index in [-0.39, 0.29) is 5.82 Å². The Hall–Kier alpha value is -1.19. The van der Waals surface area contributed by atoms with Gasteiger partial charge in [0, 0.05) is 4.88 Å². The van der Waals surface area contributed by atoms with Crippen LogP contribution in [0.5, 0.6) is 0 Å². The van der Waals surface area contributed by atoms with Gasteiger partial charge in [-0.05, 0) is 61.3 Å². The summed E-state index contributed by atoms with van der Waals surface area (Å²) in [5, 5.41) is 5.58. The Balaban J connectivity index is 1.99. The smallest absolute Gasteiger partial charge is 0.126 e. The Morgan fingerprint density at radius 2 is 2.00 bits per heavy atom. The van der Waals surface area contributed by atoms with Crippen molar-refractivity contribution in [1.29, 1.82) is 0 Å². The summed E-state index contributed by atoms with van der Waals surface area (Å²) >= 11 is 1.78. The first-order valence-electron chi connectivity index (χ1n) is 7.26. The molecule has 0 fully saturated rings. The molecule has 1 atom stereocenters. The van der Waals surface area contributed by atoms with E-state index in [0.29, 0.717) is 5.92 Å². The van der Waals surface area contributed by atoms with Crippen LogP contribution in [0.1, 0.15) is 23.8 Å². The molecule has 3 heteroatoms. The first-order chi connectivity index (χ1) is 9.79. The number of halogens is 1. The normalized spacial score (nSPS) is 12.5. The van der Waals surface area contributed by atoms with E-state index in [9.17, 15) is 4.39 Å². The molecule has 108 valence electrons. The minimum absolute atomic E-state index is 0.0841. The summed E-state index contributed by atoms with van der Waals surface area (Å²) in [7, 11) is 0. The highest BCUT2D eigenvalue weighted by molar-refractivity contribution is 7.09. The highest BCUT2D eigenvalue weighted by Gasteiger charge is 2.13. The SMILES string of the molecule is CCCNCC(Cc1cccs1)Cc1ccccc1F. The van der Waals surface area contributed by atoms with Gasteiger partial charge < -0.3 is 5.32 Å². The maximum atomic E-state index is 13.8. The highest BCUT2D eigenvalue weighted by atomic mass is 32.1. The average molecular weight is 291 g/mol. The minimum atomic E-state index is -0.0841. The molecule has 0 saturated carbocycles. The lowest BCUT2D eigenvalue weighted by molar-refractivity contribution is 0.463. The van der Waals surface area contributed by atoms with Crippen molar-refractivity contribution in [3.8, 4) is 0 Å². The number of rotatable bonds is 8. The largest absolute Gasteiger partial charge is 0.316 e. The van der Waals surface area contributed by atoms with Gasteiger partial charge in [0.15, 0.2) is 0 Å². The van der Waals surface area contributed by atoms with E-state index in [0.717, 1.165) is 37.9 Å². The highest BCUT2D eigenvalue weighted by Crippen LogP contribution is 2.19. The van der Waals surface area contributed by atoms with E-state index in [1.165, 1.54) is 4.88 Å². The lowest BCUT2D eigenvalue weighted by Crippen LogP contribution is -2.26. The van der Waals surface area contributed by atoms with Crippen molar-refractivity contribution in [2.45, 2.75) is 26.2 Å². The predicted octanol–water partition coefficient (Wildman–Crippen LogP) is 4.29. The van der Waals surface area contributed by atoms with Gasteiger partial charge in [0.05, 0.1) is 0 Å². The molecule has 0 amide bonds. The van der Waals surface area contributed by atoms with E-state index in [1.807, 2.05) is 12.1 Å². The third-order valence-electron chi connectivity index (χ3n) is 3.40. The van der Waals surface area contributed by atoms with E-state index in [2.05, 4.69) is 29.8 Å². The molecule has 0 saturated heterocycles. The molecule has 1 aromatic heterocycles. The van der Waals surface area contributed by atoms with E-state index in [1.54, 1.807) is 23.5 Å². The van der Waals surface area contributed by atoms with Gasteiger partial charge in [-0.15, -0.1) is 11.3 Å². The zero-order chi connectivity index (χ0) is 14.2. The van der Waals surface area contributed by atoms with Crippen molar-refractivity contribution in [3.63, 3.8) is 0 Å². The third-order valence-corrected chi connectivity index (χ3v) is 4.29. The Bertz CT molecular complexity index is 495. The van der Waals surface area contributed by atoms with Gasteiger partial charge in [0.2, 0.25) is 0 Å². The first kappa shape index (κ1) is 15.2. The predicted molar refractivity (Wildman–Crippen MR) is 84.8 cm³/mol. The van der Waals surface area contributed by atoms with Gasteiger partial charge in [-0.2, -0.15) is 0 Å².